The van der Waals surface area contributed by atoms with Gasteiger partial charge in [-0.1, -0.05) is 29.3 Å². The van der Waals surface area contributed by atoms with Crippen LogP contribution in [0, 0.1) is 0 Å². The standard InChI is InChI=1S/C21H19Cl2N5O/c1-29-15-3-4-16(18(22)9-15)17-10-24-28-7-6-27(12-19(17)28)11-14-8-13-2-5-20(23)26-21(13)25-14/h2-5,9-10H,6-8,11-12H2,1H3. The molecule has 0 N–H and O–H groups in total. The molecular weight excluding hydrogens is 409 g/mol. The van der Waals surface area contributed by atoms with Gasteiger partial charge in [0.05, 0.1) is 30.6 Å². The first-order valence-corrected chi connectivity index (χ1v) is 10.2. The van der Waals surface area contributed by atoms with Crippen LogP contribution in [0.25, 0.3) is 11.1 Å². The van der Waals surface area contributed by atoms with Crippen LogP contribution in [0.2, 0.25) is 10.2 Å². The van der Waals surface area contributed by atoms with Crippen LogP contribution < -0.4 is 4.74 Å². The summed E-state index contributed by atoms with van der Waals surface area (Å²) in [5.41, 5.74) is 5.46. The Morgan fingerprint density at radius 2 is 2.00 bits per heavy atom. The van der Waals surface area contributed by atoms with Crippen LogP contribution in [0.3, 0.4) is 0 Å². The molecular formula is C21H19Cl2N5O. The van der Waals surface area contributed by atoms with E-state index in [9.17, 15) is 0 Å². The topological polar surface area (TPSA) is 55.5 Å². The Labute approximate surface area is 178 Å². The van der Waals surface area contributed by atoms with Crippen molar-refractivity contribution in [3.63, 3.8) is 0 Å². The maximum absolute atomic E-state index is 6.51. The van der Waals surface area contributed by atoms with E-state index in [1.54, 1.807) is 7.11 Å². The quantitative estimate of drug-likeness (QED) is 0.578. The van der Waals surface area contributed by atoms with Crippen LogP contribution in [0.5, 0.6) is 5.75 Å². The van der Waals surface area contributed by atoms with E-state index < -0.39 is 0 Å². The Bertz CT molecular complexity index is 1120. The highest BCUT2D eigenvalue weighted by molar-refractivity contribution is 6.33. The minimum atomic E-state index is 0.483. The molecule has 8 heteroatoms. The third kappa shape index (κ3) is 3.52. The second kappa shape index (κ2) is 7.44. The Kier molecular flexibility index (Phi) is 4.78. The molecule has 5 rings (SSSR count). The molecule has 29 heavy (non-hydrogen) atoms. The van der Waals surface area contributed by atoms with Crippen molar-refractivity contribution in [1.82, 2.24) is 19.7 Å². The second-order valence-corrected chi connectivity index (χ2v) is 8.05. The van der Waals surface area contributed by atoms with Crippen molar-refractivity contribution in [3.05, 3.63) is 58.0 Å². The van der Waals surface area contributed by atoms with Gasteiger partial charge < -0.3 is 4.74 Å². The maximum atomic E-state index is 6.51. The van der Waals surface area contributed by atoms with Crippen molar-refractivity contribution in [1.29, 1.82) is 0 Å². The fourth-order valence-corrected chi connectivity index (χ4v) is 4.36. The lowest BCUT2D eigenvalue weighted by Gasteiger charge is -2.28. The van der Waals surface area contributed by atoms with Crippen LogP contribution in [0.15, 0.2) is 41.5 Å². The molecule has 0 fully saturated rings. The van der Waals surface area contributed by atoms with Crippen molar-refractivity contribution in [2.24, 2.45) is 4.99 Å². The van der Waals surface area contributed by atoms with Crippen molar-refractivity contribution >= 4 is 34.7 Å². The molecule has 6 nitrogen and oxygen atoms in total. The number of rotatable bonds is 4. The molecule has 2 aromatic heterocycles. The lowest BCUT2D eigenvalue weighted by atomic mass is 10.0. The van der Waals surface area contributed by atoms with Gasteiger partial charge in [-0.25, -0.2) is 9.98 Å². The van der Waals surface area contributed by atoms with Gasteiger partial charge in [0.15, 0.2) is 5.82 Å². The Hall–Kier alpha value is -2.41. The number of pyridine rings is 1. The molecule has 0 radical (unpaired) electrons. The monoisotopic (exact) mass is 427 g/mol. The lowest BCUT2D eigenvalue weighted by molar-refractivity contribution is 0.241. The van der Waals surface area contributed by atoms with Gasteiger partial charge in [0.25, 0.3) is 0 Å². The first kappa shape index (κ1) is 18.6. The number of ether oxygens (including phenoxy) is 1. The minimum Gasteiger partial charge on any atom is -0.497 e. The first-order valence-electron chi connectivity index (χ1n) is 9.43. The fourth-order valence-electron chi connectivity index (χ4n) is 3.95. The van der Waals surface area contributed by atoms with Crippen molar-refractivity contribution in [3.8, 4) is 16.9 Å². The van der Waals surface area contributed by atoms with Gasteiger partial charge in [0.1, 0.15) is 10.9 Å². The summed E-state index contributed by atoms with van der Waals surface area (Å²) < 4.78 is 7.33. The van der Waals surface area contributed by atoms with E-state index in [4.69, 9.17) is 27.9 Å². The van der Waals surface area contributed by atoms with Gasteiger partial charge in [-0.3, -0.25) is 9.58 Å². The summed E-state index contributed by atoms with van der Waals surface area (Å²) in [7, 11) is 1.64. The van der Waals surface area contributed by atoms with E-state index in [1.807, 2.05) is 36.5 Å². The Morgan fingerprint density at radius 3 is 2.83 bits per heavy atom. The summed E-state index contributed by atoms with van der Waals surface area (Å²) in [5, 5.41) is 5.72. The number of halogens is 2. The van der Waals surface area contributed by atoms with Gasteiger partial charge in [-0.15, -0.1) is 0 Å². The molecule has 0 amide bonds. The molecule has 3 aromatic rings. The number of aromatic nitrogens is 3. The number of benzene rings is 1. The molecule has 0 saturated heterocycles. The molecule has 0 atom stereocenters. The van der Waals surface area contributed by atoms with Crippen LogP contribution in [-0.2, 0) is 19.5 Å². The predicted molar refractivity (Wildman–Crippen MR) is 115 cm³/mol. The number of hydrogen-bond donors (Lipinski definition) is 0. The molecule has 148 valence electrons. The first-order chi connectivity index (χ1) is 14.1. The van der Waals surface area contributed by atoms with Crippen LogP contribution >= 0.6 is 23.2 Å². The summed E-state index contributed by atoms with van der Waals surface area (Å²) in [5.74, 6) is 1.49. The van der Waals surface area contributed by atoms with E-state index >= 15 is 0 Å². The number of aliphatic imine (C=N–C) groups is 1. The smallest absolute Gasteiger partial charge is 0.157 e. The third-order valence-corrected chi connectivity index (χ3v) is 5.93. The number of nitrogens with zero attached hydrogens (tertiary/aromatic N) is 5. The van der Waals surface area contributed by atoms with Gasteiger partial charge in [0, 0.05) is 48.5 Å². The Morgan fingerprint density at radius 1 is 1.10 bits per heavy atom. The highest BCUT2D eigenvalue weighted by Crippen LogP contribution is 2.35. The van der Waals surface area contributed by atoms with Gasteiger partial charge in [0.2, 0.25) is 0 Å². The Balaban J connectivity index is 1.37. The average molecular weight is 428 g/mol. The number of methoxy groups -OCH3 is 1. The molecule has 0 unspecified atom stereocenters. The minimum absolute atomic E-state index is 0.483. The molecule has 2 aliphatic rings. The van der Waals surface area contributed by atoms with Gasteiger partial charge in [-0.2, -0.15) is 5.10 Å². The molecule has 0 bridgehead atoms. The molecule has 0 spiro atoms. The largest absolute Gasteiger partial charge is 0.497 e. The zero-order valence-electron chi connectivity index (χ0n) is 15.9. The number of hydrogen-bond acceptors (Lipinski definition) is 5. The number of fused-ring (bicyclic) bond motifs is 2. The molecule has 2 aliphatic heterocycles. The van der Waals surface area contributed by atoms with Gasteiger partial charge >= 0.3 is 0 Å². The maximum Gasteiger partial charge on any atom is 0.157 e. The summed E-state index contributed by atoms with van der Waals surface area (Å²) in [4.78, 5) is 11.4. The van der Waals surface area contributed by atoms with Gasteiger partial charge in [-0.05, 0) is 24.3 Å². The van der Waals surface area contributed by atoms with E-state index in [2.05, 4.69) is 24.7 Å². The average Bonchev–Trinajstić information content (AvgIpc) is 3.30. The summed E-state index contributed by atoms with van der Waals surface area (Å²) >= 11 is 12.5. The second-order valence-electron chi connectivity index (χ2n) is 7.26. The molecule has 4 heterocycles. The van der Waals surface area contributed by atoms with Crippen LogP contribution in [0.1, 0.15) is 11.3 Å². The zero-order valence-corrected chi connectivity index (χ0v) is 17.4. The highest BCUT2D eigenvalue weighted by atomic mass is 35.5. The fraction of sp³-hybridized carbons (Fsp3) is 0.286. The molecule has 0 saturated carbocycles. The molecule has 0 aliphatic carbocycles. The van der Waals surface area contributed by atoms with E-state index in [0.717, 1.165) is 66.6 Å². The van der Waals surface area contributed by atoms with Crippen molar-refractivity contribution in [2.75, 3.05) is 20.2 Å². The van der Waals surface area contributed by atoms with Crippen molar-refractivity contribution < 1.29 is 4.74 Å². The predicted octanol–water partition coefficient (Wildman–Crippen LogP) is 4.40. The van der Waals surface area contributed by atoms with E-state index in [1.165, 1.54) is 5.69 Å². The lowest BCUT2D eigenvalue weighted by Crippen LogP contribution is -2.37. The highest BCUT2D eigenvalue weighted by Gasteiger charge is 2.25. The van der Waals surface area contributed by atoms with Crippen LogP contribution in [-0.4, -0.2) is 45.6 Å². The van der Waals surface area contributed by atoms with Crippen LogP contribution in [0.4, 0.5) is 5.82 Å². The summed E-state index contributed by atoms with van der Waals surface area (Å²) in [6.07, 6.45) is 2.73. The van der Waals surface area contributed by atoms with E-state index in [-0.39, 0.29) is 0 Å². The normalized spacial score (nSPS) is 15.8. The van der Waals surface area contributed by atoms with E-state index in [0.29, 0.717) is 10.2 Å². The molecule has 1 aromatic carbocycles. The SMILES string of the molecule is COc1ccc(-c2cnn3c2CN(CC2=Nc4nc(Cl)ccc4C2)CC3)c(Cl)c1. The zero-order chi connectivity index (χ0) is 20.0. The third-order valence-electron chi connectivity index (χ3n) is 5.40. The summed E-state index contributed by atoms with van der Waals surface area (Å²) in [6.45, 7) is 3.36. The summed E-state index contributed by atoms with van der Waals surface area (Å²) in [6, 6.07) is 9.59. The van der Waals surface area contributed by atoms with Crippen molar-refractivity contribution in [2.45, 2.75) is 19.5 Å².